The van der Waals surface area contributed by atoms with Crippen LogP contribution in [0.25, 0.3) is 0 Å². The Bertz CT molecular complexity index is 777. The number of halogens is 2. The standard InChI is InChI=1S/C14H14Cl2N2O2S/c1-9-12(15)3-2-4-14(9)18-21(19,20)11-5-6-13(16)10(7-11)8-17/h2-7,18H,8,17H2,1H3. The van der Waals surface area contributed by atoms with E-state index in [0.717, 1.165) is 0 Å². The van der Waals surface area contributed by atoms with Gasteiger partial charge in [-0.05, 0) is 48.4 Å². The van der Waals surface area contributed by atoms with Gasteiger partial charge in [-0.2, -0.15) is 0 Å². The largest absolute Gasteiger partial charge is 0.326 e. The minimum absolute atomic E-state index is 0.103. The quantitative estimate of drug-likeness (QED) is 0.890. The number of sulfonamides is 1. The highest BCUT2D eigenvalue weighted by atomic mass is 35.5. The van der Waals surface area contributed by atoms with Gasteiger partial charge in [0, 0.05) is 16.6 Å². The first-order chi connectivity index (χ1) is 9.85. The van der Waals surface area contributed by atoms with Crippen molar-refractivity contribution in [3.8, 4) is 0 Å². The van der Waals surface area contributed by atoms with Gasteiger partial charge in [0.2, 0.25) is 0 Å². The molecule has 0 aliphatic rings. The number of nitrogens with two attached hydrogens (primary N) is 1. The second-order valence-corrected chi connectivity index (χ2v) is 6.97. The van der Waals surface area contributed by atoms with Gasteiger partial charge in [-0.1, -0.05) is 29.3 Å². The average Bonchev–Trinajstić information content (AvgIpc) is 2.44. The summed E-state index contributed by atoms with van der Waals surface area (Å²) in [4.78, 5) is 0.103. The highest BCUT2D eigenvalue weighted by molar-refractivity contribution is 7.92. The van der Waals surface area contributed by atoms with E-state index >= 15 is 0 Å². The van der Waals surface area contributed by atoms with Gasteiger partial charge in [-0.25, -0.2) is 8.42 Å². The minimum atomic E-state index is -3.72. The molecule has 0 heterocycles. The van der Waals surface area contributed by atoms with E-state index in [-0.39, 0.29) is 11.4 Å². The summed E-state index contributed by atoms with van der Waals surface area (Å²) in [5.74, 6) is 0. The third-order valence-electron chi connectivity index (χ3n) is 3.06. The molecule has 0 spiro atoms. The number of rotatable bonds is 4. The van der Waals surface area contributed by atoms with E-state index in [2.05, 4.69) is 4.72 Å². The minimum Gasteiger partial charge on any atom is -0.326 e. The Morgan fingerprint density at radius 3 is 2.52 bits per heavy atom. The maximum atomic E-state index is 12.4. The molecule has 0 amide bonds. The van der Waals surface area contributed by atoms with Crippen molar-refractivity contribution in [1.29, 1.82) is 0 Å². The molecule has 3 N–H and O–H groups in total. The molecule has 0 aliphatic carbocycles. The van der Waals surface area contributed by atoms with Crippen molar-refractivity contribution in [3.63, 3.8) is 0 Å². The van der Waals surface area contributed by atoms with E-state index in [1.54, 1.807) is 25.1 Å². The molecule has 0 radical (unpaired) electrons. The molecule has 0 aliphatic heterocycles. The summed E-state index contributed by atoms with van der Waals surface area (Å²) in [5, 5.41) is 0.935. The van der Waals surface area contributed by atoms with E-state index in [1.807, 2.05) is 0 Å². The van der Waals surface area contributed by atoms with Crippen LogP contribution < -0.4 is 10.5 Å². The van der Waals surface area contributed by atoms with Gasteiger partial charge in [0.25, 0.3) is 10.0 Å². The molecule has 4 nitrogen and oxygen atoms in total. The van der Waals surface area contributed by atoms with Crippen LogP contribution in [0.3, 0.4) is 0 Å². The zero-order chi connectivity index (χ0) is 15.6. The van der Waals surface area contributed by atoms with Crippen molar-refractivity contribution >= 4 is 38.9 Å². The average molecular weight is 345 g/mol. The molecule has 0 saturated heterocycles. The molecule has 0 atom stereocenters. The van der Waals surface area contributed by atoms with E-state index < -0.39 is 10.0 Å². The van der Waals surface area contributed by atoms with Crippen LogP contribution in [0.2, 0.25) is 10.0 Å². The number of anilines is 1. The lowest BCUT2D eigenvalue weighted by atomic mass is 10.2. The maximum absolute atomic E-state index is 12.4. The number of nitrogens with one attached hydrogen (secondary N) is 1. The topological polar surface area (TPSA) is 72.2 Å². The molecule has 0 aromatic heterocycles. The smallest absolute Gasteiger partial charge is 0.261 e. The Balaban J connectivity index is 2.41. The fraction of sp³-hybridized carbons (Fsp3) is 0.143. The van der Waals surface area contributed by atoms with Crippen molar-refractivity contribution in [2.45, 2.75) is 18.4 Å². The van der Waals surface area contributed by atoms with Gasteiger partial charge in [-0.3, -0.25) is 4.72 Å². The zero-order valence-electron chi connectivity index (χ0n) is 11.2. The van der Waals surface area contributed by atoms with Crippen LogP contribution >= 0.6 is 23.2 Å². The van der Waals surface area contributed by atoms with Crippen molar-refractivity contribution in [2.24, 2.45) is 5.73 Å². The van der Waals surface area contributed by atoms with Crippen LogP contribution in [0, 0.1) is 6.92 Å². The lowest BCUT2D eigenvalue weighted by Gasteiger charge is -2.12. The lowest BCUT2D eigenvalue weighted by molar-refractivity contribution is 0.601. The molecule has 0 fully saturated rings. The SMILES string of the molecule is Cc1c(Cl)cccc1NS(=O)(=O)c1ccc(Cl)c(CN)c1. The van der Waals surface area contributed by atoms with Gasteiger partial charge in [-0.15, -0.1) is 0 Å². The maximum Gasteiger partial charge on any atom is 0.261 e. The number of benzene rings is 2. The Labute approximate surface area is 133 Å². The first-order valence-electron chi connectivity index (χ1n) is 6.11. The first-order valence-corrected chi connectivity index (χ1v) is 8.35. The summed E-state index contributed by atoms with van der Waals surface area (Å²) in [7, 11) is -3.72. The van der Waals surface area contributed by atoms with Crippen LogP contribution in [0.4, 0.5) is 5.69 Å². The second-order valence-electron chi connectivity index (χ2n) is 4.48. The second kappa shape index (κ2) is 6.23. The van der Waals surface area contributed by atoms with Crippen molar-refractivity contribution in [2.75, 3.05) is 4.72 Å². The third-order valence-corrected chi connectivity index (χ3v) is 5.20. The molecule has 2 rings (SSSR count). The molecule has 0 unspecified atom stereocenters. The molecule has 2 aromatic carbocycles. The lowest BCUT2D eigenvalue weighted by Crippen LogP contribution is -2.14. The molecular formula is C14H14Cl2N2O2S. The van der Waals surface area contributed by atoms with Crippen LogP contribution in [0.5, 0.6) is 0 Å². The summed E-state index contributed by atoms with van der Waals surface area (Å²) in [5.41, 5.74) is 7.21. The molecule has 0 saturated carbocycles. The van der Waals surface area contributed by atoms with E-state index in [0.29, 0.717) is 26.9 Å². The normalized spacial score (nSPS) is 11.4. The first kappa shape index (κ1) is 16.1. The van der Waals surface area contributed by atoms with Gasteiger partial charge in [0.1, 0.15) is 0 Å². The van der Waals surface area contributed by atoms with Gasteiger partial charge in [0.05, 0.1) is 10.6 Å². The van der Waals surface area contributed by atoms with Crippen molar-refractivity contribution in [1.82, 2.24) is 0 Å². The van der Waals surface area contributed by atoms with Gasteiger partial charge < -0.3 is 5.73 Å². The predicted octanol–water partition coefficient (Wildman–Crippen LogP) is 3.56. The van der Waals surface area contributed by atoms with Crippen LogP contribution in [-0.2, 0) is 16.6 Å². The Morgan fingerprint density at radius 2 is 1.86 bits per heavy atom. The van der Waals surface area contributed by atoms with Crippen LogP contribution in [-0.4, -0.2) is 8.42 Å². The summed E-state index contributed by atoms with van der Waals surface area (Å²) >= 11 is 11.9. The van der Waals surface area contributed by atoms with E-state index in [4.69, 9.17) is 28.9 Å². The van der Waals surface area contributed by atoms with Crippen molar-refractivity contribution < 1.29 is 8.42 Å². The Hall–Kier alpha value is -1.27. The summed E-state index contributed by atoms with van der Waals surface area (Å²) in [6, 6.07) is 9.44. The molecule has 112 valence electrons. The van der Waals surface area contributed by atoms with Gasteiger partial charge in [0.15, 0.2) is 0 Å². The highest BCUT2D eigenvalue weighted by Crippen LogP contribution is 2.26. The van der Waals surface area contributed by atoms with Crippen LogP contribution in [0.1, 0.15) is 11.1 Å². The fourth-order valence-corrected chi connectivity index (χ4v) is 3.34. The van der Waals surface area contributed by atoms with Crippen molar-refractivity contribution in [3.05, 3.63) is 57.6 Å². The van der Waals surface area contributed by atoms with Crippen LogP contribution in [0.15, 0.2) is 41.3 Å². The molecular weight excluding hydrogens is 331 g/mol. The predicted molar refractivity (Wildman–Crippen MR) is 86.3 cm³/mol. The summed E-state index contributed by atoms with van der Waals surface area (Å²) in [6.45, 7) is 1.91. The summed E-state index contributed by atoms with van der Waals surface area (Å²) in [6.07, 6.45) is 0. The molecule has 2 aromatic rings. The van der Waals surface area contributed by atoms with Gasteiger partial charge >= 0.3 is 0 Å². The van der Waals surface area contributed by atoms with E-state index in [9.17, 15) is 8.42 Å². The highest BCUT2D eigenvalue weighted by Gasteiger charge is 2.17. The number of hydrogen-bond acceptors (Lipinski definition) is 3. The summed E-state index contributed by atoms with van der Waals surface area (Å²) < 4.78 is 27.3. The Morgan fingerprint density at radius 1 is 1.14 bits per heavy atom. The molecule has 7 heteroatoms. The Kier molecular flexibility index (Phi) is 4.78. The fourth-order valence-electron chi connectivity index (χ4n) is 1.80. The number of hydrogen-bond donors (Lipinski definition) is 2. The van der Waals surface area contributed by atoms with E-state index in [1.165, 1.54) is 18.2 Å². The molecule has 21 heavy (non-hydrogen) atoms. The monoisotopic (exact) mass is 344 g/mol. The molecule has 0 bridgehead atoms. The zero-order valence-corrected chi connectivity index (χ0v) is 13.6. The third kappa shape index (κ3) is 3.49.